The number of nitrogens with one attached hydrogen (secondary N) is 1. The molecule has 3 rings (SSSR count). The van der Waals surface area contributed by atoms with E-state index in [2.05, 4.69) is 5.32 Å². The maximum atomic E-state index is 12.6. The standard InChI is InChI=1S/C18H20N2O4S2/c1-23-13-6-4-12(5-7-13)9-15-17(22)20(18(25)26-15)11-16(21)19-10-14-3-2-8-24-14/h4-7,9,14H,2-3,8,10-11H2,1H3,(H,19,21). The predicted molar refractivity (Wildman–Crippen MR) is 105 cm³/mol. The van der Waals surface area contributed by atoms with E-state index in [0.29, 0.717) is 15.8 Å². The van der Waals surface area contributed by atoms with Gasteiger partial charge < -0.3 is 14.8 Å². The second-order valence-electron chi connectivity index (χ2n) is 5.98. The van der Waals surface area contributed by atoms with Gasteiger partial charge in [-0.2, -0.15) is 0 Å². The minimum atomic E-state index is -0.247. The van der Waals surface area contributed by atoms with Crippen molar-refractivity contribution in [2.24, 2.45) is 0 Å². The molecule has 0 saturated carbocycles. The molecule has 0 aliphatic carbocycles. The number of carbonyl (C=O) groups excluding carboxylic acids is 2. The Labute approximate surface area is 161 Å². The minimum Gasteiger partial charge on any atom is -0.497 e. The number of nitrogens with zero attached hydrogens (tertiary/aromatic N) is 1. The van der Waals surface area contributed by atoms with Crippen molar-refractivity contribution in [2.75, 3.05) is 26.8 Å². The summed E-state index contributed by atoms with van der Waals surface area (Å²) in [6, 6.07) is 7.37. The second kappa shape index (κ2) is 8.66. The van der Waals surface area contributed by atoms with Crippen LogP contribution in [0, 0.1) is 0 Å². The van der Waals surface area contributed by atoms with Crippen molar-refractivity contribution in [1.29, 1.82) is 0 Å². The molecule has 0 bridgehead atoms. The van der Waals surface area contributed by atoms with Crippen LogP contribution >= 0.6 is 24.0 Å². The van der Waals surface area contributed by atoms with Gasteiger partial charge in [-0.3, -0.25) is 14.5 Å². The smallest absolute Gasteiger partial charge is 0.266 e. The normalized spacial score (nSPS) is 21.5. The van der Waals surface area contributed by atoms with E-state index in [9.17, 15) is 9.59 Å². The van der Waals surface area contributed by atoms with Gasteiger partial charge in [0, 0.05) is 13.2 Å². The van der Waals surface area contributed by atoms with Crippen molar-refractivity contribution in [3.63, 3.8) is 0 Å². The summed E-state index contributed by atoms with van der Waals surface area (Å²) in [7, 11) is 1.60. The lowest BCUT2D eigenvalue weighted by molar-refractivity contribution is -0.129. The van der Waals surface area contributed by atoms with Gasteiger partial charge in [-0.25, -0.2) is 0 Å². The molecule has 1 aromatic carbocycles. The molecule has 0 spiro atoms. The Kier molecular flexibility index (Phi) is 6.29. The van der Waals surface area contributed by atoms with E-state index in [1.165, 1.54) is 16.7 Å². The third kappa shape index (κ3) is 4.63. The molecule has 2 fully saturated rings. The van der Waals surface area contributed by atoms with Crippen molar-refractivity contribution in [3.05, 3.63) is 34.7 Å². The van der Waals surface area contributed by atoms with Gasteiger partial charge in [0.25, 0.3) is 5.91 Å². The van der Waals surface area contributed by atoms with E-state index in [-0.39, 0.29) is 24.5 Å². The maximum absolute atomic E-state index is 12.6. The zero-order valence-corrected chi connectivity index (χ0v) is 16.0. The van der Waals surface area contributed by atoms with E-state index in [1.54, 1.807) is 13.2 Å². The Morgan fingerprint density at radius 3 is 2.88 bits per heavy atom. The first-order valence-corrected chi connectivity index (χ1v) is 9.57. The Bertz CT molecular complexity index is 727. The average Bonchev–Trinajstić information content (AvgIpc) is 3.25. The molecular formula is C18H20N2O4S2. The number of hydrogen-bond donors (Lipinski definition) is 1. The third-order valence-electron chi connectivity index (χ3n) is 4.14. The number of thiocarbonyl (C=S) groups is 1. The molecule has 26 heavy (non-hydrogen) atoms. The Balaban J connectivity index is 1.58. The van der Waals surface area contributed by atoms with Gasteiger partial charge in [0.15, 0.2) is 0 Å². The molecule has 1 aromatic rings. The van der Waals surface area contributed by atoms with E-state index in [1.807, 2.05) is 24.3 Å². The molecular weight excluding hydrogens is 372 g/mol. The predicted octanol–water partition coefficient (Wildman–Crippen LogP) is 2.19. The topological polar surface area (TPSA) is 67.9 Å². The van der Waals surface area contributed by atoms with Crippen LogP contribution in [-0.2, 0) is 14.3 Å². The monoisotopic (exact) mass is 392 g/mol. The van der Waals surface area contributed by atoms with Gasteiger partial charge in [-0.15, -0.1) is 0 Å². The molecule has 1 N–H and O–H groups in total. The highest BCUT2D eigenvalue weighted by molar-refractivity contribution is 8.26. The molecule has 1 atom stereocenters. The van der Waals surface area contributed by atoms with Crippen LogP contribution in [0.1, 0.15) is 18.4 Å². The summed E-state index contributed by atoms with van der Waals surface area (Å²) in [5, 5.41) is 2.81. The molecule has 2 amide bonds. The highest BCUT2D eigenvalue weighted by Crippen LogP contribution is 2.32. The zero-order chi connectivity index (χ0) is 18.5. The number of benzene rings is 1. The number of methoxy groups -OCH3 is 1. The summed E-state index contributed by atoms with van der Waals surface area (Å²) < 4.78 is 11.0. The van der Waals surface area contributed by atoms with E-state index in [0.717, 1.165) is 30.8 Å². The number of hydrogen-bond acceptors (Lipinski definition) is 6. The largest absolute Gasteiger partial charge is 0.497 e. The van der Waals surface area contributed by atoms with Gasteiger partial charge in [-0.1, -0.05) is 36.1 Å². The van der Waals surface area contributed by atoms with Crippen LogP contribution in [0.15, 0.2) is 29.2 Å². The summed E-state index contributed by atoms with van der Waals surface area (Å²) in [5.74, 6) is 0.267. The van der Waals surface area contributed by atoms with Crippen LogP contribution in [0.3, 0.4) is 0 Å². The van der Waals surface area contributed by atoms with Gasteiger partial charge in [0.1, 0.15) is 16.6 Å². The van der Waals surface area contributed by atoms with Crippen LogP contribution < -0.4 is 10.1 Å². The van der Waals surface area contributed by atoms with E-state index in [4.69, 9.17) is 21.7 Å². The first kappa shape index (κ1) is 18.9. The van der Waals surface area contributed by atoms with Crippen molar-refractivity contribution in [3.8, 4) is 5.75 Å². The van der Waals surface area contributed by atoms with Gasteiger partial charge in [0.05, 0.1) is 18.1 Å². The molecule has 6 nitrogen and oxygen atoms in total. The summed E-state index contributed by atoms with van der Waals surface area (Å²) in [5.41, 5.74) is 0.870. The van der Waals surface area contributed by atoms with E-state index < -0.39 is 0 Å². The highest BCUT2D eigenvalue weighted by atomic mass is 32.2. The minimum absolute atomic E-state index is 0.0695. The highest BCUT2D eigenvalue weighted by Gasteiger charge is 2.33. The zero-order valence-electron chi connectivity index (χ0n) is 14.4. The number of rotatable bonds is 6. The fourth-order valence-corrected chi connectivity index (χ4v) is 3.98. The third-order valence-corrected chi connectivity index (χ3v) is 5.52. The molecule has 2 aliphatic rings. The fraction of sp³-hybridized carbons (Fsp3) is 0.389. The van der Waals surface area contributed by atoms with Crippen LogP contribution in [0.4, 0.5) is 0 Å². The van der Waals surface area contributed by atoms with Crippen molar-refractivity contribution in [2.45, 2.75) is 18.9 Å². The molecule has 1 unspecified atom stereocenters. The number of amides is 2. The number of carbonyl (C=O) groups is 2. The fourth-order valence-electron chi connectivity index (χ4n) is 2.72. The lowest BCUT2D eigenvalue weighted by atomic mass is 10.2. The molecule has 2 heterocycles. The first-order chi connectivity index (χ1) is 12.6. The molecule has 8 heteroatoms. The molecule has 0 aromatic heterocycles. The SMILES string of the molecule is COc1ccc(C=C2SC(=S)N(CC(=O)NCC3CCCO3)C2=O)cc1. The Morgan fingerprint density at radius 2 is 2.23 bits per heavy atom. The Hall–Kier alpha value is -1.90. The maximum Gasteiger partial charge on any atom is 0.266 e. The molecule has 0 radical (unpaired) electrons. The number of ether oxygens (including phenoxy) is 2. The molecule has 2 aliphatic heterocycles. The van der Waals surface area contributed by atoms with Crippen LogP contribution in [0.5, 0.6) is 5.75 Å². The van der Waals surface area contributed by atoms with E-state index >= 15 is 0 Å². The summed E-state index contributed by atoms with van der Waals surface area (Å²) in [4.78, 5) is 26.5. The van der Waals surface area contributed by atoms with Gasteiger partial charge in [0.2, 0.25) is 5.91 Å². The lowest BCUT2D eigenvalue weighted by Gasteiger charge is -2.15. The summed E-state index contributed by atoms with van der Waals surface area (Å²) >= 11 is 6.47. The first-order valence-electron chi connectivity index (χ1n) is 8.34. The van der Waals surface area contributed by atoms with Crippen LogP contribution in [0.2, 0.25) is 0 Å². The van der Waals surface area contributed by atoms with Crippen LogP contribution in [-0.4, -0.2) is 53.9 Å². The van der Waals surface area contributed by atoms with Crippen LogP contribution in [0.25, 0.3) is 6.08 Å². The van der Waals surface area contributed by atoms with Crippen molar-refractivity contribution < 1.29 is 19.1 Å². The number of thioether (sulfide) groups is 1. The van der Waals surface area contributed by atoms with Gasteiger partial charge in [-0.05, 0) is 36.6 Å². The molecule has 2 saturated heterocycles. The quantitative estimate of drug-likeness (QED) is 0.591. The summed E-state index contributed by atoms with van der Waals surface area (Å²) in [6.07, 6.45) is 3.81. The van der Waals surface area contributed by atoms with Crippen molar-refractivity contribution in [1.82, 2.24) is 10.2 Å². The molecule has 138 valence electrons. The van der Waals surface area contributed by atoms with Crippen molar-refractivity contribution >= 4 is 46.2 Å². The lowest BCUT2D eigenvalue weighted by Crippen LogP contribution is -2.41. The average molecular weight is 393 g/mol. The summed E-state index contributed by atoms with van der Waals surface area (Å²) in [6.45, 7) is 1.14. The second-order valence-corrected chi connectivity index (χ2v) is 7.66. The Morgan fingerprint density at radius 1 is 1.46 bits per heavy atom. The van der Waals surface area contributed by atoms with Gasteiger partial charge >= 0.3 is 0 Å².